The van der Waals surface area contributed by atoms with Crippen LogP contribution in [0, 0.1) is 17.2 Å². The monoisotopic (exact) mass is 466 g/mol. The second-order valence-electron chi connectivity index (χ2n) is 9.31. The lowest BCUT2D eigenvalue weighted by Crippen LogP contribution is -2.36. The molecule has 0 radical (unpaired) electrons. The third kappa shape index (κ3) is 7.78. The molecule has 2 unspecified atom stereocenters. The Hall–Kier alpha value is -1.62. The lowest BCUT2D eigenvalue weighted by molar-refractivity contribution is -0.121. The van der Waals surface area contributed by atoms with Gasteiger partial charge in [0.05, 0.1) is 5.02 Å². The van der Waals surface area contributed by atoms with E-state index in [0.717, 1.165) is 13.0 Å². The molecule has 0 aliphatic rings. The lowest BCUT2D eigenvalue weighted by atomic mass is 9.78. The number of anilines is 1. The van der Waals surface area contributed by atoms with Crippen LogP contribution in [0.5, 0.6) is 0 Å². The molecule has 0 aliphatic carbocycles. The number of carbonyl (C=O) groups is 1. The van der Waals surface area contributed by atoms with Gasteiger partial charge in [0.15, 0.2) is 0 Å². The Kier molecular flexibility index (Phi) is 9.35. The van der Waals surface area contributed by atoms with E-state index in [-0.39, 0.29) is 22.3 Å². The molecule has 170 valence electrons. The maximum atomic E-state index is 15.1. The molecule has 2 aromatic carbocycles. The van der Waals surface area contributed by atoms with Crippen molar-refractivity contribution in [2.75, 3.05) is 25.5 Å². The third-order valence-corrected chi connectivity index (χ3v) is 6.08. The highest BCUT2D eigenvalue weighted by molar-refractivity contribution is 6.31. The van der Waals surface area contributed by atoms with Crippen molar-refractivity contribution in [2.24, 2.45) is 11.3 Å². The number of nitrogens with zero attached hydrogens (tertiary/aromatic N) is 1. The van der Waals surface area contributed by atoms with Gasteiger partial charge in [-0.3, -0.25) is 4.79 Å². The van der Waals surface area contributed by atoms with Crippen molar-refractivity contribution in [1.29, 1.82) is 0 Å². The van der Waals surface area contributed by atoms with Crippen LogP contribution in [0.3, 0.4) is 0 Å². The second-order valence-corrected chi connectivity index (χ2v) is 10.2. The topological polar surface area (TPSA) is 32.3 Å². The summed E-state index contributed by atoms with van der Waals surface area (Å²) in [6.07, 6.45) is 1.46. The van der Waals surface area contributed by atoms with Crippen molar-refractivity contribution < 1.29 is 9.18 Å². The van der Waals surface area contributed by atoms with E-state index in [0.29, 0.717) is 29.2 Å². The number of amides is 1. The van der Waals surface area contributed by atoms with Crippen molar-refractivity contribution >= 4 is 34.8 Å². The predicted octanol–water partition coefficient (Wildman–Crippen LogP) is 7.25. The van der Waals surface area contributed by atoms with Gasteiger partial charge < -0.3 is 10.2 Å². The zero-order valence-corrected chi connectivity index (χ0v) is 20.5. The summed E-state index contributed by atoms with van der Waals surface area (Å²) in [5.41, 5.74) is 1.16. The Balaban J connectivity index is 2.46. The average Bonchev–Trinajstić information content (AvgIpc) is 2.68. The summed E-state index contributed by atoms with van der Waals surface area (Å²) in [5.74, 6) is -1.36. The molecule has 2 rings (SSSR count). The molecule has 0 aromatic heterocycles. The van der Waals surface area contributed by atoms with Crippen molar-refractivity contribution in [3.63, 3.8) is 0 Å². The molecule has 0 heterocycles. The number of halogens is 3. The molecule has 31 heavy (non-hydrogen) atoms. The first kappa shape index (κ1) is 25.6. The number of benzene rings is 2. The quantitative estimate of drug-likeness (QED) is 0.421. The lowest BCUT2D eigenvalue weighted by Gasteiger charge is -2.32. The highest BCUT2D eigenvalue weighted by Gasteiger charge is 2.33. The first-order valence-electron chi connectivity index (χ1n) is 10.7. The standard InChI is InChI=1S/C25H33Cl2FN2O/c1-6-30(5)16-21(19-11-8-12-22(27)23(19)28)20(13-14-25(2,3)4)24(31)29-18-10-7-9-17(26)15-18/h7-12,15,20-21H,6,13-14,16H2,1-5H3,(H,29,31). The second kappa shape index (κ2) is 11.3. The van der Waals surface area contributed by atoms with Gasteiger partial charge in [-0.05, 0) is 61.7 Å². The molecule has 1 N–H and O–H groups in total. The van der Waals surface area contributed by atoms with E-state index in [4.69, 9.17) is 23.2 Å². The summed E-state index contributed by atoms with van der Waals surface area (Å²) in [4.78, 5) is 15.6. The minimum Gasteiger partial charge on any atom is -0.326 e. The molecule has 0 bridgehead atoms. The summed E-state index contributed by atoms with van der Waals surface area (Å²) in [7, 11) is 1.98. The van der Waals surface area contributed by atoms with Gasteiger partial charge in [-0.25, -0.2) is 4.39 Å². The number of nitrogens with one attached hydrogen (secondary N) is 1. The number of likely N-dealkylation sites (N-methyl/N-ethyl adjacent to an activating group) is 1. The van der Waals surface area contributed by atoms with Crippen LogP contribution in [0.15, 0.2) is 42.5 Å². The van der Waals surface area contributed by atoms with Gasteiger partial charge in [-0.1, -0.05) is 69.1 Å². The Morgan fingerprint density at radius 1 is 1.16 bits per heavy atom. The number of hydrogen-bond donors (Lipinski definition) is 1. The fourth-order valence-corrected chi connectivity index (χ4v) is 3.99. The van der Waals surface area contributed by atoms with Crippen molar-refractivity contribution in [1.82, 2.24) is 4.90 Å². The molecule has 6 heteroatoms. The largest absolute Gasteiger partial charge is 0.326 e. The molecule has 0 saturated heterocycles. The predicted molar refractivity (Wildman–Crippen MR) is 130 cm³/mol. The summed E-state index contributed by atoms with van der Waals surface area (Å²) < 4.78 is 15.1. The molecular weight excluding hydrogens is 434 g/mol. The van der Waals surface area contributed by atoms with E-state index in [1.54, 1.807) is 36.4 Å². The van der Waals surface area contributed by atoms with E-state index in [2.05, 4.69) is 31.0 Å². The Bertz CT molecular complexity index is 882. The summed E-state index contributed by atoms with van der Waals surface area (Å²) in [6, 6.07) is 12.1. The van der Waals surface area contributed by atoms with Gasteiger partial charge in [-0.2, -0.15) is 0 Å². The molecule has 0 spiro atoms. The molecule has 1 amide bonds. The van der Waals surface area contributed by atoms with E-state index >= 15 is 4.39 Å². The van der Waals surface area contributed by atoms with E-state index in [1.807, 2.05) is 14.0 Å². The number of hydrogen-bond acceptors (Lipinski definition) is 2. The van der Waals surface area contributed by atoms with Crippen LogP contribution in [0.1, 0.15) is 52.0 Å². The van der Waals surface area contributed by atoms with Gasteiger partial charge in [0.1, 0.15) is 5.82 Å². The number of rotatable bonds is 9. The van der Waals surface area contributed by atoms with Crippen molar-refractivity contribution in [3.8, 4) is 0 Å². The highest BCUT2D eigenvalue weighted by atomic mass is 35.5. The van der Waals surface area contributed by atoms with Crippen molar-refractivity contribution in [2.45, 2.75) is 46.5 Å². The fourth-order valence-electron chi connectivity index (χ4n) is 3.62. The molecule has 3 nitrogen and oxygen atoms in total. The zero-order chi connectivity index (χ0) is 23.2. The van der Waals surface area contributed by atoms with Gasteiger partial charge in [0.25, 0.3) is 0 Å². The molecule has 0 fully saturated rings. The molecule has 2 aromatic rings. The highest BCUT2D eigenvalue weighted by Crippen LogP contribution is 2.36. The molecule has 2 atom stereocenters. The summed E-state index contributed by atoms with van der Waals surface area (Å²) in [5, 5.41) is 3.62. The minimum atomic E-state index is -0.449. The van der Waals surface area contributed by atoms with Crippen LogP contribution in [-0.4, -0.2) is 30.9 Å². The van der Waals surface area contributed by atoms with Crippen LogP contribution >= 0.6 is 23.2 Å². The minimum absolute atomic E-state index is 0.0443. The maximum absolute atomic E-state index is 15.1. The normalized spacial score (nSPS) is 13.8. The molecule has 0 saturated carbocycles. The van der Waals surface area contributed by atoms with Crippen LogP contribution in [0.2, 0.25) is 10.0 Å². The van der Waals surface area contributed by atoms with Gasteiger partial charge >= 0.3 is 0 Å². The van der Waals surface area contributed by atoms with Gasteiger partial charge in [0.2, 0.25) is 5.91 Å². The maximum Gasteiger partial charge on any atom is 0.228 e. The average molecular weight is 467 g/mol. The molecular formula is C25H33Cl2FN2O. The van der Waals surface area contributed by atoms with E-state index < -0.39 is 11.7 Å². The SMILES string of the molecule is CCN(C)CC(c1cccc(Cl)c1F)C(CCC(C)(C)C)C(=O)Nc1cccc(Cl)c1. The smallest absolute Gasteiger partial charge is 0.228 e. The van der Waals surface area contributed by atoms with Crippen LogP contribution < -0.4 is 5.32 Å². The Morgan fingerprint density at radius 3 is 2.45 bits per heavy atom. The Labute approximate surface area is 195 Å². The van der Waals surface area contributed by atoms with Gasteiger partial charge in [-0.15, -0.1) is 0 Å². The molecule has 0 aliphatic heterocycles. The van der Waals surface area contributed by atoms with Crippen LogP contribution in [0.4, 0.5) is 10.1 Å². The van der Waals surface area contributed by atoms with Crippen LogP contribution in [-0.2, 0) is 4.79 Å². The fraction of sp³-hybridized carbons (Fsp3) is 0.480. The van der Waals surface area contributed by atoms with E-state index in [9.17, 15) is 4.79 Å². The third-order valence-electron chi connectivity index (χ3n) is 5.55. The summed E-state index contributed by atoms with van der Waals surface area (Å²) >= 11 is 12.2. The Morgan fingerprint density at radius 2 is 1.84 bits per heavy atom. The first-order valence-corrected chi connectivity index (χ1v) is 11.5. The number of carbonyl (C=O) groups excluding carboxylic acids is 1. The van der Waals surface area contributed by atoms with Gasteiger partial charge in [0, 0.05) is 29.1 Å². The zero-order valence-electron chi connectivity index (χ0n) is 19.0. The summed E-state index contributed by atoms with van der Waals surface area (Å²) in [6.45, 7) is 9.82. The van der Waals surface area contributed by atoms with E-state index in [1.165, 1.54) is 6.07 Å². The van der Waals surface area contributed by atoms with Crippen LogP contribution in [0.25, 0.3) is 0 Å². The van der Waals surface area contributed by atoms with Crippen molar-refractivity contribution in [3.05, 3.63) is 63.9 Å². The first-order chi connectivity index (χ1) is 14.5.